The molecule has 5 nitrogen and oxygen atoms in total. The Labute approximate surface area is 129 Å². The van der Waals surface area contributed by atoms with Crippen molar-refractivity contribution < 1.29 is 19.1 Å². The van der Waals surface area contributed by atoms with Crippen LogP contribution in [0.5, 0.6) is 0 Å². The van der Waals surface area contributed by atoms with Crippen molar-refractivity contribution in [3.05, 3.63) is 35.6 Å². The van der Waals surface area contributed by atoms with E-state index in [9.17, 15) is 19.1 Å². The third kappa shape index (κ3) is 4.27. The fourth-order valence-electron chi connectivity index (χ4n) is 2.53. The average Bonchev–Trinajstić information content (AvgIpc) is 2.90. The molecule has 1 aliphatic rings. The van der Waals surface area contributed by atoms with Crippen LogP contribution in [-0.2, 0) is 9.59 Å². The molecule has 2 atom stereocenters. The van der Waals surface area contributed by atoms with Crippen molar-refractivity contribution in [2.45, 2.75) is 38.3 Å². The SMILES string of the molecule is CC(NC(=O)CCN1CCCC1=O)C(O)c1ccc(F)cc1. The summed E-state index contributed by atoms with van der Waals surface area (Å²) in [4.78, 5) is 25.0. The number of rotatable bonds is 6. The molecule has 1 fully saturated rings. The number of halogens is 1. The van der Waals surface area contributed by atoms with Gasteiger partial charge in [-0.2, -0.15) is 0 Å². The van der Waals surface area contributed by atoms with Crippen LogP contribution in [0.3, 0.4) is 0 Å². The first-order chi connectivity index (χ1) is 10.5. The Morgan fingerprint density at radius 2 is 2.09 bits per heavy atom. The largest absolute Gasteiger partial charge is 0.386 e. The monoisotopic (exact) mass is 308 g/mol. The van der Waals surface area contributed by atoms with E-state index in [-0.39, 0.29) is 24.1 Å². The van der Waals surface area contributed by atoms with Crippen molar-refractivity contribution in [1.29, 1.82) is 0 Å². The molecule has 1 heterocycles. The zero-order chi connectivity index (χ0) is 16.1. The molecule has 0 saturated carbocycles. The number of carbonyl (C=O) groups excluding carboxylic acids is 2. The Hall–Kier alpha value is -1.95. The van der Waals surface area contributed by atoms with Crippen molar-refractivity contribution in [3.8, 4) is 0 Å². The van der Waals surface area contributed by atoms with Crippen LogP contribution in [-0.4, -0.2) is 41.0 Å². The van der Waals surface area contributed by atoms with Gasteiger partial charge < -0.3 is 15.3 Å². The molecule has 0 bridgehead atoms. The molecule has 1 aliphatic heterocycles. The number of amides is 2. The molecule has 0 spiro atoms. The first kappa shape index (κ1) is 16.4. The Morgan fingerprint density at radius 1 is 1.41 bits per heavy atom. The smallest absolute Gasteiger partial charge is 0.222 e. The number of nitrogens with zero attached hydrogens (tertiary/aromatic N) is 1. The zero-order valence-electron chi connectivity index (χ0n) is 12.6. The Morgan fingerprint density at radius 3 is 2.68 bits per heavy atom. The topological polar surface area (TPSA) is 69.6 Å². The van der Waals surface area contributed by atoms with Gasteiger partial charge in [-0.05, 0) is 31.0 Å². The van der Waals surface area contributed by atoms with Crippen LogP contribution >= 0.6 is 0 Å². The van der Waals surface area contributed by atoms with Crippen LogP contribution in [0.4, 0.5) is 4.39 Å². The molecule has 0 aliphatic carbocycles. The Bertz CT molecular complexity index is 533. The van der Waals surface area contributed by atoms with Gasteiger partial charge in [0, 0.05) is 25.9 Å². The number of hydrogen-bond acceptors (Lipinski definition) is 3. The lowest BCUT2D eigenvalue weighted by atomic mass is 10.0. The maximum atomic E-state index is 12.9. The van der Waals surface area contributed by atoms with Crippen LogP contribution in [0.2, 0.25) is 0 Å². The van der Waals surface area contributed by atoms with E-state index in [2.05, 4.69) is 5.32 Å². The summed E-state index contributed by atoms with van der Waals surface area (Å²) >= 11 is 0. The van der Waals surface area contributed by atoms with E-state index in [4.69, 9.17) is 0 Å². The number of hydrogen-bond donors (Lipinski definition) is 2. The number of aliphatic hydroxyl groups is 1. The summed E-state index contributed by atoms with van der Waals surface area (Å²) in [5.41, 5.74) is 0.545. The lowest BCUT2D eigenvalue weighted by Crippen LogP contribution is -2.39. The van der Waals surface area contributed by atoms with Gasteiger partial charge in [-0.1, -0.05) is 12.1 Å². The second-order valence-electron chi connectivity index (χ2n) is 5.59. The van der Waals surface area contributed by atoms with Gasteiger partial charge >= 0.3 is 0 Å². The van der Waals surface area contributed by atoms with Gasteiger partial charge in [0.2, 0.25) is 11.8 Å². The Kier molecular flexibility index (Phi) is 5.49. The average molecular weight is 308 g/mol. The van der Waals surface area contributed by atoms with E-state index in [0.29, 0.717) is 25.1 Å². The quantitative estimate of drug-likeness (QED) is 0.834. The second-order valence-corrected chi connectivity index (χ2v) is 5.59. The van der Waals surface area contributed by atoms with Crippen LogP contribution in [0.25, 0.3) is 0 Å². The van der Waals surface area contributed by atoms with Crippen LogP contribution in [0.1, 0.15) is 37.9 Å². The molecule has 22 heavy (non-hydrogen) atoms. The maximum absolute atomic E-state index is 12.9. The molecule has 1 saturated heterocycles. The highest BCUT2D eigenvalue weighted by Crippen LogP contribution is 2.17. The number of carbonyl (C=O) groups is 2. The van der Waals surface area contributed by atoms with E-state index in [1.54, 1.807) is 11.8 Å². The molecular weight excluding hydrogens is 287 g/mol. The molecule has 0 radical (unpaired) electrons. The molecule has 2 rings (SSSR count). The van der Waals surface area contributed by atoms with E-state index >= 15 is 0 Å². The molecule has 120 valence electrons. The third-order valence-electron chi connectivity index (χ3n) is 3.85. The molecule has 0 aromatic heterocycles. The van der Waals surface area contributed by atoms with E-state index in [1.807, 2.05) is 0 Å². The number of likely N-dealkylation sites (tertiary alicyclic amines) is 1. The standard InChI is InChI=1S/C16H21FN2O3/c1-11(16(22)12-4-6-13(17)7-5-12)18-14(20)8-10-19-9-2-3-15(19)21/h4-7,11,16,22H,2-3,8-10H2,1H3,(H,18,20). The van der Waals surface area contributed by atoms with Crippen molar-refractivity contribution in [2.24, 2.45) is 0 Å². The summed E-state index contributed by atoms with van der Waals surface area (Å²) in [7, 11) is 0. The van der Waals surface area contributed by atoms with E-state index in [1.165, 1.54) is 24.3 Å². The first-order valence-corrected chi connectivity index (χ1v) is 7.48. The minimum atomic E-state index is -0.905. The van der Waals surface area contributed by atoms with Crippen molar-refractivity contribution in [1.82, 2.24) is 10.2 Å². The maximum Gasteiger partial charge on any atom is 0.222 e. The van der Waals surface area contributed by atoms with Crippen LogP contribution in [0.15, 0.2) is 24.3 Å². The Balaban J connectivity index is 1.80. The second kappa shape index (κ2) is 7.35. The van der Waals surface area contributed by atoms with Crippen molar-refractivity contribution >= 4 is 11.8 Å². The summed E-state index contributed by atoms with van der Waals surface area (Å²) in [6.45, 7) is 2.80. The normalized spacial score (nSPS) is 17.4. The first-order valence-electron chi connectivity index (χ1n) is 7.48. The summed E-state index contributed by atoms with van der Waals surface area (Å²) in [6.07, 6.45) is 0.714. The summed E-state index contributed by atoms with van der Waals surface area (Å²) in [6, 6.07) is 5.03. The highest BCUT2D eigenvalue weighted by molar-refractivity contribution is 5.80. The molecule has 2 unspecified atom stereocenters. The third-order valence-corrected chi connectivity index (χ3v) is 3.85. The molecule has 1 aromatic rings. The van der Waals surface area contributed by atoms with Gasteiger partial charge in [-0.3, -0.25) is 9.59 Å². The number of aliphatic hydroxyl groups excluding tert-OH is 1. The van der Waals surface area contributed by atoms with Gasteiger partial charge in [-0.15, -0.1) is 0 Å². The van der Waals surface area contributed by atoms with Crippen LogP contribution < -0.4 is 5.32 Å². The predicted molar refractivity (Wildman–Crippen MR) is 79.4 cm³/mol. The fourth-order valence-corrected chi connectivity index (χ4v) is 2.53. The summed E-state index contributed by atoms with van der Waals surface area (Å²) in [5.74, 6) is -0.497. The fraction of sp³-hybridized carbons (Fsp3) is 0.500. The van der Waals surface area contributed by atoms with Gasteiger partial charge in [-0.25, -0.2) is 4.39 Å². The lowest BCUT2D eigenvalue weighted by molar-refractivity contribution is -0.128. The van der Waals surface area contributed by atoms with Crippen molar-refractivity contribution in [3.63, 3.8) is 0 Å². The highest BCUT2D eigenvalue weighted by atomic mass is 19.1. The summed E-state index contributed by atoms with van der Waals surface area (Å²) in [5, 5.41) is 12.9. The number of benzene rings is 1. The molecular formula is C16H21FN2O3. The van der Waals surface area contributed by atoms with Gasteiger partial charge in [0.1, 0.15) is 5.82 Å². The van der Waals surface area contributed by atoms with Crippen LogP contribution in [0, 0.1) is 5.82 Å². The molecule has 2 N–H and O–H groups in total. The molecule has 2 amide bonds. The van der Waals surface area contributed by atoms with Crippen molar-refractivity contribution in [2.75, 3.05) is 13.1 Å². The van der Waals surface area contributed by atoms with E-state index in [0.717, 1.165) is 6.42 Å². The number of nitrogens with one attached hydrogen (secondary N) is 1. The summed E-state index contributed by atoms with van der Waals surface area (Å²) < 4.78 is 12.9. The van der Waals surface area contributed by atoms with Gasteiger partial charge in [0.25, 0.3) is 0 Å². The molecule has 1 aromatic carbocycles. The minimum Gasteiger partial charge on any atom is -0.386 e. The molecule has 6 heteroatoms. The zero-order valence-corrected chi connectivity index (χ0v) is 12.6. The minimum absolute atomic E-state index is 0.0900. The lowest BCUT2D eigenvalue weighted by Gasteiger charge is -2.21. The predicted octanol–water partition coefficient (Wildman–Crippen LogP) is 1.38. The van der Waals surface area contributed by atoms with Gasteiger partial charge in [0.15, 0.2) is 0 Å². The van der Waals surface area contributed by atoms with E-state index < -0.39 is 12.1 Å². The highest BCUT2D eigenvalue weighted by Gasteiger charge is 2.22. The van der Waals surface area contributed by atoms with Gasteiger partial charge in [0.05, 0.1) is 12.1 Å².